The first-order valence-electron chi connectivity index (χ1n) is 5.71. The molecule has 2 N–H and O–H groups in total. The zero-order chi connectivity index (χ0) is 14.0. The van der Waals surface area contributed by atoms with Crippen LogP contribution in [-0.2, 0) is 4.79 Å². The fraction of sp³-hybridized carbons (Fsp3) is 0.231. The maximum atomic E-state index is 11.5. The number of aromatic hydroxyl groups is 2. The first-order valence-corrected chi connectivity index (χ1v) is 6.59. The molecule has 0 aliphatic heterocycles. The molecular weight excluding hydrogens is 271 g/mol. The molecule has 20 heavy (non-hydrogen) atoms. The summed E-state index contributed by atoms with van der Waals surface area (Å²) in [6.45, 7) is 3.54. The molecule has 1 aromatic carbocycles. The summed E-state index contributed by atoms with van der Waals surface area (Å²) < 4.78 is 0. The summed E-state index contributed by atoms with van der Waals surface area (Å²) in [6.07, 6.45) is 0. The number of phenols is 2. The minimum Gasteiger partial charge on any atom is -0.508 e. The number of carbonyl (C=O) groups is 1. The van der Waals surface area contributed by atoms with Crippen LogP contribution in [0, 0.1) is 5.92 Å². The van der Waals surface area contributed by atoms with E-state index < -0.39 is 0 Å². The van der Waals surface area contributed by atoms with E-state index in [-0.39, 0.29) is 42.2 Å². The van der Waals surface area contributed by atoms with Crippen LogP contribution in [0.15, 0.2) is 23.6 Å². The van der Waals surface area contributed by atoms with Crippen molar-refractivity contribution >= 4 is 22.4 Å². The fourth-order valence-electron chi connectivity index (χ4n) is 1.40. The van der Waals surface area contributed by atoms with Crippen molar-refractivity contribution in [3.63, 3.8) is 0 Å². The summed E-state index contributed by atoms with van der Waals surface area (Å²) in [5, 5.41) is 24.9. The van der Waals surface area contributed by atoms with Crippen LogP contribution in [0.2, 0.25) is 0 Å². The standard InChI is InChI=1S/C13H14N2O3S.Li/c1-7(2)12(18)15-13-14-10(6-19-13)9-4-3-8(16)5-11(9)17;/h3-7H,1-2H3,(H3,14,15,16,17,18);/q;+1/p-1. The van der Waals surface area contributed by atoms with Gasteiger partial charge in [-0.25, -0.2) is 0 Å². The predicted octanol–water partition coefficient (Wildman–Crippen LogP) is 0.413. The van der Waals surface area contributed by atoms with E-state index in [1.54, 1.807) is 25.3 Å². The quantitative estimate of drug-likeness (QED) is 0.800. The summed E-state index contributed by atoms with van der Waals surface area (Å²) in [7, 11) is 0. The van der Waals surface area contributed by atoms with Crippen molar-refractivity contribution < 1.29 is 33.9 Å². The van der Waals surface area contributed by atoms with E-state index in [9.17, 15) is 15.0 Å². The topological polar surface area (TPSA) is 84.5 Å². The molecule has 2 rings (SSSR count). The Hall–Kier alpha value is -1.48. The van der Waals surface area contributed by atoms with Gasteiger partial charge >= 0.3 is 18.9 Å². The Morgan fingerprint density at radius 2 is 2.05 bits per heavy atom. The van der Waals surface area contributed by atoms with Gasteiger partial charge < -0.3 is 20.5 Å². The number of amides is 1. The summed E-state index contributed by atoms with van der Waals surface area (Å²) in [5.74, 6) is -0.478. The zero-order valence-corrected chi connectivity index (χ0v) is 12.3. The second-order valence-corrected chi connectivity index (χ2v) is 5.16. The number of aromatic nitrogens is 1. The molecule has 0 aliphatic carbocycles. The molecule has 1 heterocycles. The van der Waals surface area contributed by atoms with Crippen LogP contribution in [0.25, 0.3) is 16.6 Å². The van der Waals surface area contributed by atoms with Gasteiger partial charge in [0.2, 0.25) is 0 Å². The molecule has 0 saturated heterocycles. The third-order valence-corrected chi connectivity index (χ3v) is 3.18. The largest absolute Gasteiger partial charge is 1.00 e. The molecular formula is C13H13LiN2O3S. The van der Waals surface area contributed by atoms with Crippen LogP contribution in [-0.4, -0.2) is 21.1 Å². The molecule has 0 saturated carbocycles. The number of hydrogen-bond donors (Lipinski definition) is 2. The first kappa shape index (κ1) is 16.6. The average molecular weight is 284 g/mol. The number of thiazole rings is 1. The van der Waals surface area contributed by atoms with Gasteiger partial charge in [0.15, 0.2) is 0 Å². The molecule has 0 atom stereocenters. The monoisotopic (exact) mass is 284 g/mol. The second-order valence-electron chi connectivity index (χ2n) is 4.32. The maximum absolute atomic E-state index is 11.5. The van der Waals surface area contributed by atoms with Crippen LogP contribution < -0.4 is 18.9 Å². The molecule has 0 radical (unpaired) electrons. The Balaban J connectivity index is 0.00000200. The number of rotatable bonds is 3. The van der Waals surface area contributed by atoms with Gasteiger partial charge in [-0.3, -0.25) is 4.79 Å². The van der Waals surface area contributed by atoms with Crippen molar-refractivity contribution in [2.75, 3.05) is 0 Å². The van der Waals surface area contributed by atoms with Crippen LogP contribution in [0.5, 0.6) is 11.5 Å². The molecule has 0 bridgehead atoms. The molecule has 100 valence electrons. The molecule has 7 heteroatoms. The molecule has 2 aromatic rings. The molecule has 0 unspecified atom stereocenters. The Morgan fingerprint density at radius 1 is 1.35 bits per heavy atom. The Morgan fingerprint density at radius 3 is 2.65 bits per heavy atom. The van der Waals surface area contributed by atoms with Gasteiger partial charge in [-0.1, -0.05) is 13.8 Å². The van der Waals surface area contributed by atoms with E-state index in [1.807, 2.05) is 0 Å². The second kappa shape index (κ2) is 6.80. The van der Waals surface area contributed by atoms with E-state index >= 15 is 0 Å². The maximum Gasteiger partial charge on any atom is 1.00 e. The fourth-order valence-corrected chi connectivity index (χ4v) is 2.09. The third-order valence-electron chi connectivity index (χ3n) is 2.45. The van der Waals surface area contributed by atoms with Gasteiger partial charge in [-0.2, -0.15) is 11.3 Å². The Kier molecular flexibility index (Phi) is 5.63. The van der Waals surface area contributed by atoms with Crippen molar-refractivity contribution in [3.05, 3.63) is 28.9 Å². The van der Waals surface area contributed by atoms with Crippen molar-refractivity contribution in [3.8, 4) is 22.8 Å². The first-order chi connectivity index (χ1) is 8.97. The van der Waals surface area contributed by atoms with Crippen LogP contribution >= 0.6 is 11.3 Å². The van der Waals surface area contributed by atoms with E-state index in [0.29, 0.717) is 16.4 Å². The molecule has 0 spiro atoms. The van der Waals surface area contributed by atoms with Gasteiger partial charge in [0, 0.05) is 22.7 Å². The summed E-state index contributed by atoms with van der Waals surface area (Å²) in [6, 6.07) is 4.27. The van der Waals surface area contributed by atoms with Crippen molar-refractivity contribution in [1.82, 2.24) is 4.98 Å². The van der Waals surface area contributed by atoms with Crippen molar-refractivity contribution in [2.45, 2.75) is 13.8 Å². The number of phenolic OH excluding ortho intramolecular Hbond substituents is 2. The Bertz CT molecular complexity index is 613. The number of carbonyl (C=O) groups excluding carboxylic acids is 1. The molecule has 0 aliphatic rings. The summed E-state index contributed by atoms with van der Waals surface area (Å²) >= 11 is 1.23. The van der Waals surface area contributed by atoms with Gasteiger partial charge in [0.05, 0.1) is 0 Å². The predicted molar refractivity (Wildman–Crippen MR) is 73.7 cm³/mol. The van der Waals surface area contributed by atoms with Gasteiger partial charge in [-0.15, -0.1) is 0 Å². The van der Waals surface area contributed by atoms with E-state index in [0.717, 1.165) is 0 Å². The van der Waals surface area contributed by atoms with Crippen LogP contribution in [0.1, 0.15) is 13.8 Å². The minimum atomic E-state index is -0.226. The summed E-state index contributed by atoms with van der Waals surface area (Å²) in [4.78, 5) is 15.7. The minimum absolute atomic E-state index is 0. The normalized spacial score (nSPS) is 10.2. The Labute approximate surface area is 132 Å². The van der Waals surface area contributed by atoms with E-state index in [2.05, 4.69) is 10.3 Å². The van der Waals surface area contributed by atoms with E-state index in [1.165, 1.54) is 23.5 Å². The molecule has 1 aromatic heterocycles. The van der Waals surface area contributed by atoms with Crippen LogP contribution in [0.3, 0.4) is 0 Å². The molecule has 0 fully saturated rings. The van der Waals surface area contributed by atoms with Gasteiger partial charge in [0.1, 0.15) is 17.4 Å². The number of hydrogen-bond acceptors (Lipinski definition) is 5. The number of benzene rings is 1. The van der Waals surface area contributed by atoms with Gasteiger partial charge in [-0.05, 0) is 23.2 Å². The SMILES string of the molecule is CC(C)C(=O)[N-]c1nc(-c2ccc(O)cc2O)cs1.[Li+]. The van der Waals surface area contributed by atoms with E-state index in [4.69, 9.17) is 0 Å². The number of nitrogens with zero attached hydrogens (tertiary/aromatic N) is 2. The third kappa shape index (κ3) is 3.76. The zero-order valence-electron chi connectivity index (χ0n) is 11.5. The summed E-state index contributed by atoms with van der Waals surface area (Å²) in [5.41, 5.74) is 1.02. The van der Waals surface area contributed by atoms with Crippen molar-refractivity contribution in [2.24, 2.45) is 5.92 Å². The van der Waals surface area contributed by atoms with Crippen LogP contribution in [0.4, 0.5) is 5.13 Å². The van der Waals surface area contributed by atoms with Crippen molar-refractivity contribution in [1.29, 1.82) is 0 Å². The molecule has 1 amide bonds. The smallest absolute Gasteiger partial charge is 0.508 e. The average Bonchev–Trinajstić information content (AvgIpc) is 2.77. The molecule has 5 nitrogen and oxygen atoms in total. The van der Waals surface area contributed by atoms with Gasteiger partial charge in [0.25, 0.3) is 0 Å².